The Morgan fingerprint density at radius 3 is 2.65 bits per heavy atom. The van der Waals surface area contributed by atoms with Crippen molar-refractivity contribution >= 4 is 5.57 Å². The van der Waals surface area contributed by atoms with Crippen molar-refractivity contribution in [1.29, 1.82) is 0 Å². The lowest BCUT2D eigenvalue weighted by atomic mass is 9.92. The highest BCUT2D eigenvalue weighted by molar-refractivity contribution is 5.81. The molecule has 2 aromatic heterocycles. The summed E-state index contributed by atoms with van der Waals surface area (Å²) in [4.78, 5) is 6.94. The first kappa shape index (κ1) is 14.7. The first-order valence-electron chi connectivity index (χ1n) is 8.26. The van der Waals surface area contributed by atoms with E-state index in [0.717, 1.165) is 50.4 Å². The first-order chi connectivity index (χ1) is 11.2. The molecular weight excluding hydrogens is 290 g/mol. The zero-order chi connectivity index (χ0) is 16.0. The molecule has 0 saturated carbocycles. The predicted molar refractivity (Wildman–Crippen MR) is 87.8 cm³/mol. The van der Waals surface area contributed by atoms with Gasteiger partial charge < -0.3 is 14.6 Å². The van der Waals surface area contributed by atoms with E-state index in [1.807, 2.05) is 11.7 Å². The number of hydrogen-bond acceptors (Lipinski definition) is 4. The van der Waals surface area contributed by atoms with Gasteiger partial charge in [0.05, 0.1) is 6.61 Å². The lowest BCUT2D eigenvalue weighted by molar-refractivity contribution is 0.272. The number of rotatable bonds is 1. The van der Waals surface area contributed by atoms with Gasteiger partial charge in [-0.25, -0.2) is 9.67 Å². The van der Waals surface area contributed by atoms with Gasteiger partial charge in [0.2, 0.25) is 0 Å². The van der Waals surface area contributed by atoms with Gasteiger partial charge in [-0.1, -0.05) is 5.57 Å². The molecular formula is C17H23N5O. The van der Waals surface area contributed by atoms with Crippen LogP contribution in [0, 0.1) is 0 Å². The lowest BCUT2D eigenvalue weighted by Crippen LogP contribution is -2.27. The van der Waals surface area contributed by atoms with Crippen LogP contribution in [0.25, 0.3) is 5.57 Å². The van der Waals surface area contributed by atoms with Crippen LogP contribution in [0.2, 0.25) is 0 Å². The van der Waals surface area contributed by atoms with Crippen molar-refractivity contribution in [1.82, 2.24) is 24.2 Å². The van der Waals surface area contributed by atoms with E-state index >= 15 is 0 Å². The Kier molecular flexibility index (Phi) is 3.58. The standard InChI is InChI=1S/C17H23N5O/c1-20-6-3-12(4-7-20)16-14-9-13(10-23)21(2)15(14)5-8-22-17(16)18-11-19-22/h9,11,23H,3-8,10H2,1-2H3. The molecule has 1 N–H and O–H groups in total. The first-order valence-corrected chi connectivity index (χ1v) is 8.26. The second-order valence-corrected chi connectivity index (χ2v) is 6.55. The van der Waals surface area contributed by atoms with Crippen LogP contribution in [0.4, 0.5) is 0 Å². The monoisotopic (exact) mass is 313 g/mol. The average Bonchev–Trinajstić information content (AvgIpc) is 3.09. The van der Waals surface area contributed by atoms with Crippen LogP contribution in [0.1, 0.15) is 35.6 Å². The van der Waals surface area contributed by atoms with Crippen LogP contribution in [-0.2, 0) is 26.6 Å². The van der Waals surface area contributed by atoms with Crippen molar-refractivity contribution in [3.05, 3.63) is 40.7 Å². The maximum atomic E-state index is 9.65. The largest absolute Gasteiger partial charge is 0.390 e. The number of likely N-dealkylation sites (tertiary alicyclic amines) is 1. The number of hydrogen-bond donors (Lipinski definition) is 1. The Hall–Kier alpha value is -1.92. The average molecular weight is 313 g/mol. The lowest BCUT2D eigenvalue weighted by Gasteiger charge is -2.26. The van der Waals surface area contributed by atoms with E-state index in [1.54, 1.807) is 6.33 Å². The van der Waals surface area contributed by atoms with Gasteiger partial charge in [-0.2, -0.15) is 5.10 Å². The topological polar surface area (TPSA) is 59.1 Å². The Labute approximate surface area is 136 Å². The molecule has 0 radical (unpaired) electrons. The molecule has 0 atom stereocenters. The minimum Gasteiger partial charge on any atom is -0.390 e. The molecule has 1 fully saturated rings. The second-order valence-electron chi connectivity index (χ2n) is 6.55. The summed E-state index contributed by atoms with van der Waals surface area (Å²) in [6.07, 6.45) is 4.72. The van der Waals surface area contributed by atoms with Gasteiger partial charge in [-0.3, -0.25) is 0 Å². The number of aliphatic hydroxyl groups is 1. The summed E-state index contributed by atoms with van der Waals surface area (Å²) < 4.78 is 4.16. The molecule has 23 heavy (non-hydrogen) atoms. The number of aliphatic hydroxyl groups excluding tert-OH is 1. The number of piperidine rings is 1. The highest BCUT2D eigenvalue weighted by Crippen LogP contribution is 2.36. The van der Waals surface area contributed by atoms with Gasteiger partial charge >= 0.3 is 0 Å². The molecule has 2 aliphatic rings. The van der Waals surface area contributed by atoms with Crippen LogP contribution in [0.15, 0.2) is 18.0 Å². The number of fused-ring (bicyclic) bond motifs is 2. The SMILES string of the molecule is CN1CCC(=C2c3cc(CO)n(C)c3CCn3ncnc32)CC1. The molecule has 4 heterocycles. The highest BCUT2D eigenvalue weighted by Gasteiger charge is 2.27. The third-order valence-corrected chi connectivity index (χ3v) is 5.23. The van der Waals surface area contributed by atoms with Gasteiger partial charge in [-0.05, 0) is 26.0 Å². The van der Waals surface area contributed by atoms with E-state index in [9.17, 15) is 5.11 Å². The van der Waals surface area contributed by atoms with E-state index in [4.69, 9.17) is 0 Å². The van der Waals surface area contributed by atoms with Crippen molar-refractivity contribution in [2.75, 3.05) is 20.1 Å². The van der Waals surface area contributed by atoms with Gasteiger partial charge in [0, 0.05) is 55.6 Å². The third-order valence-electron chi connectivity index (χ3n) is 5.23. The number of aromatic nitrogens is 4. The summed E-state index contributed by atoms with van der Waals surface area (Å²) in [5.41, 5.74) is 6.20. The Morgan fingerprint density at radius 1 is 1.13 bits per heavy atom. The minimum atomic E-state index is 0.0710. The molecule has 0 amide bonds. The van der Waals surface area contributed by atoms with Crippen LogP contribution in [0.3, 0.4) is 0 Å². The molecule has 2 aliphatic heterocycles. The summed E-state index contributed by atoms with van der Waals surface area (Å²) in [7, 11) is 4.22. The molecule has 0 bridgehead atoms. The molecule has 2 aromatic rings. The Balaban J connectivity index is 1.92. The second kappa shape index (κ2) is 5.62. The molecule has 122 valence electrons. The zero-order valence-electron chi connectivity index (χ0n) is 13.8. The summed E-state index contributed by atoms with van der Waals surface area (Å²) in [6, 6.07) is 2.14. The summed E-state index contributed by atoms with van der Waals surface area (Å²) in [5, 5.41) is 14.1. The fourth-order valence-electron chi connectivity index (χ4n) is 3.81. The van der Waals surface area contributed by atoms with Crippen molar-refractivity contribution in [2.24, 2.45) is 7.05 Å². The summed E-state index contributed by atoms with van der Waals surface area (Å²) in [5.74, 6) is 0.985. The summed E-state index contributed by atoms with van der Waals surface area (Å²) in [6.45, 7) is 3.08. The molecule has 0 aromatic carbocycles. The van der Waals surface area contributed by atoms with E-state index in [0.29, 0.717) is 0 Å². The molecule has 0 unspecified atom stereocenters. The molecule has 1 saturated heterocycles. The van der Waals surface area contributed by atoms with E-state index < -0.39 is 0 Å². The minimum absolute atomic E-state index is 0.0710. The quantitative estimate of drug-likeness (QED) is 0.859. The van der Waals surface area contributed by atoms with E-state index in [1.165, 1.54) is 22.4 Å². The maximum Gasteiger partial charge on any atom is 0.158 e. The van der Waals surface area contributed by atoms with Gasteiger partial charge in [0.1, 0.15) is 6.33 Å². The van der Waals surface area contributed by atoms with E-state index in [2.05, 4.69) is 32.7 Å². The summed E-state index contributed by atoms with van der Waals surface area (Å²) >= 11 is 0. The molecule has 0 spiro atoms. The van der Waals surface area contributed by atoms with Crippen LogP contribution in [0.5, 0.6) is 0 Å². The van der Waals surface area contributed by atoms with Crippen molar-refractivity contribution in [3.8, 4) is 0 Å². The van der Waals surface area contributed by atoms with Gasteiger partial charge in [0.15, 0.2) is 5.82 Å². The van der Waals surface area contributed by atoms with Crippen LogP contribution < -0.4 is 0 Å². The molecule has 6 heteroatoms. The van der Waals surface area contributed by atoms with E-state index in [-0.39, 0.29) is 6.61 Å². The van der Waals surface area contributed by atoms with Gasteiger partial charge in [-0.15, -0.1) is 0 Å². The molecule has 4 rings (SSSR count). The molecule has 6 nitrogen and oxygen atoms in total. The van der Waals surface area contributed by atoms with Crippen molar-refractivity contribution in [3.63, 3.8) is 0 Å². The zero-order valence-corrected chi connectivity index (χ0v) is 13.8. The smallest absolute Gasteiger partial charge is 0.158 e. The number of aryl methyl sites for hydroxylation is 1. The van der Waals surface area contributed by atoms with Crippen LogP contribution in [-0.4, -0.2) is 49.5 Å². The molecule has 0 aliphatic carbocycles. The number of nitrogens with zero attached hydrogens (tertiary/aromatic N) is 5. The van der Waals surface area contributed by atoms with Crippen molar-refractivity contribution in [2.45, 2.75) is 32.4 Å². The normalized spacial score (nSPS) is 18.7. The fraction of sp³-hybridized carbons (Fsp3) is 0.529. The third kappa shape index (κ3) is 2.33. The van der Waals surface area contributed by atoms with Gasteiger partial charge in [0.25, 0.3) is 0 Å². The van der Waals surface area contributed by atoms with Crippen LogP contribution >= 0.6 is 0 Å². The maximum absolute atomic E-state index is 9.65. The Morgan fingerprint density at radius 2 is 1.91 bits per heavy atom. The Bertz CT molecular complexity index is 760. The highest BCUT2D eigenvalue weighted by atomic mass is 16.3. The predicted octanol–water partition coefficient (Wildman–Crippen LogP) is 1.19. The van der Waals surface area contributed by atoms with Crippen molar-refractivity contribution < 1.29 is 5.11 Å². The fourth-order valence-corrected chi connectivity index (χ4v) is 3.81.